The Balaban J connectivity index is 1.71. The summed E-state index contributed by atoms with van der Waals surface area (Å²) in [5.74, 6) is -1.07. The molecule has 0 bridgehead atoms. The molecule has 3 unspecified atom stereocenters. The summed E-state index contributed by atoms with van der Waals surface area (Å²) in [4.78, 5) is 24.2. The highest BCUT2D eigenvalue weighted by Crippen LogP contribution is 2.63. The van der Waals surface area contributed by atoms with E-state index in [9.17, 15) is 24.9 Å². The lowest BCUT2D eigenvalue weighted by Crippen LogP contribution is -2.45. The molecule has 0 radical (unpaired) electrons. The maximum absolute atomic E-state index is 12.8. The Morgan fingerprint density at radius 2 is 2.03 bits per heavy atom. The Morgan fingerprint density at radius 3 is 2.71 bits per heavy atom. The number of phenolic OH excluding ortho intramolecular Hbond substituents is 2. The Morgan fingerprint density at radius 1 is 1.29 bits per heavy atom. The quantitative estimate of drug-likeness (QED) is 0.209. The number of nitrogens with one attached hydrogen (secondary N) is 1. The zero-order valence-corrected chi connectivity index (χ0v) is 18.8. The van der Waals surface area contributed by atoms with Crippen LogP contribution in [0.25, 0.3) is 0 Å². The van der Waals surface area contributed by atoms with E-state index >= 15 is 0 Å². The first-order valence-electron chi connectivity index (χ1n) is 11.0. The van der Waals surface area contributed by atoms with Gasteiger partial charge < -0.3 is 25.4 Å². The summed E-state index contributed by atoms with van der Waals surface area (Å²) in [6.45, 7) is 3.48. The van der Waals surface area contributed by atoms with E-state index in [1.165, 1.54) is 6.92 Å². The van der Waals surface area contributed by atoms with E-state index in [0.29, 0.717) is 18.3 Å². The lowest BCUT2D eigenvalue weighted by atomic mass is 9.55. The molecule has 3 aliphatic rings. The minimum Gasteiger partial charge on any atom is -0.504 e. The van der Waals surface area contributed by atoms with Gasteiger partial charge in [-0.1, -0.05) is 6.92 Å². The maximum atomic E-state index is 12.8. The van der Waals surface area contributed by atoms with Crippen LogP contribution in [0.5, 0.6) is 17.2 Å². The van der Waals surface area contributed by atoms with Gasteiger partial charge in [0.25, 0.3) is 0 Å². The fraction of sp³-hybridized carbons (Fsp3) is 0.652. The van der Waals surface area contributed by atoms with Crippen LogP contribution in [0, 0.1) is 17.3 Å². The number of aromatic hydroxyl groups is 2. The number of thiol groups is 1. The Labute approximate surface area is 187 Å². The average molecular weight is 450 g/mol. The van der Waals surface area contributed by atoms with E-state index in [1.807, 2.05) is 0 Å². The van der Waals surface area contributed by atoms with Gasteiger partial charge in [0.05, 0.1) is 6.10 Å². The molecule has 31 heavy (non-hydrogen) atoms. The molecule has 8 heteroatoms. The SMILES string of the molecule is CC(=O)N[C@@H](CS)C(=O)Oc1c(O)c(O)cc2c1C1CC[C@@]3(C)C(CC[C@@H]3O)C1CC2. The van der Waals surface area contributed by atoms with Crippen molar-refractivity contribution >= 4 is 24.5 Å². The normalized spacial score (nSPS) is 32.4. The van der Waals surface area contributed by atoms with Crippen molar-refractivity contribution in [3.63, 3.8) is 0 Å². The number of hydrogen-bond acceptors (Lipinski definition) is 7. The number of carbonyl (C=O) groups is 2. The molecule has 0 aromatic heterocycles. The first-order valence-corrected chi connectivity index (χ1v) is 11.7. The van der Waals surface area contributed by atoms with Crippen LogP contribution in [0.4, 0.5) is 0 Å². The smallest absolute Gasteiger partial charge is 0.335 e. The highest BCUT2D eigenvalue weighted by molar-refractivity contribution is 7.80. The predicted molar refractivity (Wildman–Crippen MR) is 117 cm³/mol. The van der Waals surface area contributed by atoms with Gasteiger partial charge in [-0.25, -0.2) is 4.79 Å². The van der Waals surface area contributed by atoms with Gasteiger partial charge in [-0.15, -0.1) is 0 Å². The number of phenols is 2. The molecule has 1 aromatic carbocycles. The van der Waals surface area contributed by atoms with Crippen LogP contribution in [-0.4, -0.2) is 45.1 Å². The van der Waals surface area contributed by atoms with Crippen molar-refractivity contribution in [1.82, 2.24) is 5.32 Å². The third kappa shape index (κ3) is 3.67. The fourth-order valence-electron chi connectivity index (χ4n) is 6.36. The zero-order valence-electron chi connectivity index (χ0n) is 17.9. The van der Waals surface area contributed by atoms with Crippen molar-refractivity contribution in [3.8, 4) is 17.2 Å². The second-order valence-electron chi connectivity index (χ2n) is 9.56. The lowest BCUT2D eigenvalue weighted by molar-refractivity contribution is -0.138. The van der Waals surface area contributed by atoms with Crippen molar-refractivity contribution in [2.45, 2.75) is 70.4 Å². The Hall–Kier alpha value is -1.93. The van der Waals surface area contributed by atoms with Crippen molar-refractivity contribution in [1.29, 1.82) is 0 Å². The Kier molecular flexibility index (Phi) is 5.89. The summed E-state index contributed by atoms with van der Waals surface area (Å²) in [7, 11) is 0. The Bertz CT molecular complexity index is 905. The molecule has 170 valence electrons. The predicted octanol–water partition coefficient (Wildman–Crippen LogP) is 2.65. The third-order valence-electron chi connectivity index (χ3n) is 7.91. The number of amides is 1. The van der Waals surface area contributed by atoms with Crippen LogP contribution in [-0.2, 0) is 16.0 Å². The summed E-state index contributed by atoms with van der Waals surface area (Å²) in [5.41, 5.74) is 1.56. The fourth-order valence-corrected chi connectivity index (χ4v) is 6.60. The summed E-state index contributed by atoms with van der Waals surface area (Å²) < 4.78 is 5.62. The first kappa shape index (κ1) is 22.3. The molecule has 1 amide bonds. The number of aliphatic hydroxyl groups is 1. The van der Waals surface area contributed by atoms with Crippen LogP contribution < -0.4 is 10.1 Å². The van der Waals surface area contributed by atoms with Crippen molar-refractivity contribution < 1.29 is 29.6 Å². The van der Waals surface area contributed by atoms with E-state index < -0.39 is 17.8 Å². The number of esters is 1. The monoisotopic (exact) mass is 449 g/mol. The number of aliphatic hydroxyl groups excluding tert-OH is 1. The van der Waals surface area contributed by atoms with Gasteiger partial charge in [0.15, 0.2) is 11.5 Å². The third-order valence-corrected chi connectivity index (χ3v) is 8.28. The highest BCUT2D eigenvalue weighted by Gasteiger charge is 2.55. The molecular formula is C23H31NO6S. The molecule has 2 saturated carbocycles. The molecule has 6 atom stereocenters. The van der Waals surface area contributed by atoms with E-state index in [4.69, 9.17) is 4.74 Å². The second-order valence-corrected chi connectivity index (χ2v) is 9.92. The van der Waals surface area contributed by atoms with Gasteiger partial charge >= 0.3 is 5.97 Å². The van der Waals surface area contributed by atoms with Crippen LogP contribution >= 0.6 is 12.6 Å². The van der Waals surface area contributed by atoms with Crippen LogP contribution in [0.15, 0.2) is 6.07 Å². The minimum absolute atomic E-state index is 0.00557. The average Bonchev–Trinajstić information content (AvgIpc) is 3.03. The molecule has 0 heterocycles. The number of carbonyl (C=O) groups excluding carboxylic acids is 2. The van der Waals surface area contributed by atoms with E-state index in [-0.39, 0.29) is 40.6 Å². The number of benzene rings is 1. The largest absolute Gasteiger partial charge is 0.504 e. The van der Waals surface area contributed by atoms with Crippen LogP contribution in [0.2, 0.25) is 0 Å². The topological polar surface area (TPSA) is 116 Å². The second kappa shape index (κ2) is 8.20. The van der Waals surface area contributed by atoms with Crippen LogP contribution in [0.1, 0.15) is 63.0 Å². The molecule has 2 fully saturated rings. The molecular weight excluding hydrogens is 418 g/mol. The molecule has 0 aliphatic heterocycles. The first-order chi connectivity index (χ1) is 14.7. The van der Waals surface area contributed by atoms with E-state index in [2.05, 4.69) is 24.9 Å². The number of rotatable bonds is 4. The van der Waals surface area contributed by atoms with Crippen molar-refractivity contribution in [3.05, 3.63) is 17.2 Å². The molecule has 7 nitrogen and oxygen atoms in total. The highest BCUT2D eigenvalue weighted by atomic mass is 32.1. The molecule has 1 aromatic rings. The summed E-state index contributed by atoms with van der Waals surface area (Å²) in [6, 6.07) is 0.608. The van der Waals surface area contributed by atoms with Gasteiger partial charge in [-0.2, -0.15) is 12.6 Å². The van der Waals surface area contributed by atoms with Gasteiger partial charge in [0.1, 0.15) is 6.04 Å². The van der Waals surface area contributed by atoms with E-state index in [0.717, 1.165) is 43.2 Å². The molecule has 0 saturated heterocycles. The number of aryl methyl sites for hydroxylation is 1. The standard InChI is InChI=1S/C23H31NO6S/c1-11(25)24-16(10-31)22(29)30-21-19-12(9-17(26)20(21)28)3-4-13-14(19)7-8-23(2)15(13)5-6-18(23)27/h9,13-16,18,26-28,31H,3-8,10H2,1-2H3,(H,24,25)/t13?,14?,15?,16-,18-,23-/m0/s1. The number of ether oxygens (including phenoxy) is 1. The van der Waals surface area contributed by atoms with Gasteiger partial charge in [-0.05, 0) is 73.3 Å². The number of fused-ring (bicyclic) bond motifs is 5. The van der Waals surface area contributed by atoms with E-state index in [1.54, 1.807) is 6.07 Å². The van der Waals surface area contributed by atoms with Crippen LogP contribution in [0.3, 0.4) is 0 Å². The molecule has 0 spiro atoms. The minimum atomic E-state index is -0.961. The molecule has 4 rings (SSSR count). The number of hydrogen-bond donors (Lipinski definition) is 5. The summed E-state index contributed by atoms with van der Waals surface area (Å²) in [6.07, 6.45) is 4.81. The zero-order chi connectivity index (χ0) is 22.5. The lowest BCUT2D eigenvalue weighted by Gasteiger charge is -2.50. The molecule has 4 N–H and O–H groups in total. The van der Waals surface area contributed by atoms with Crippen molar-refractivity contribution in [2.75, 3.05) is 5.75 Å². The maximum Gasteiger partial charge on any atom is 0.335 e. The van der Waals surface area contributed by atoms with Gasteiger partial charge in [0, 0.05) is 18.2 Å². The summed E-state index contributed by atoms with van der Waals surface area (Å²) >= 11 is 4.12. The van der Waals surface area contributed by atoms with Crippen molar-refractivity contribution in [2.24, 2.45) is 17.3 Å². The van der Waals surface area contributed by atoms with Gasteiger partial charge in [0.2, 0.25) is 11.7 Å². The molecule has 3 aliphatic carbocycles. The van der Waals surface area contributed by atoms with Gasteiger partial charge in [-0.3, -0.25) is 4.79 Å². The summed E-state index contributed by atoms with van der Waals surface area (Å²) in [5, 5.41) is 34.0.